The fraction of sp³-hybridized carbons (Fsp3) is 0.444. The van der Waals surface area contributed by atoms with Crippen LogP contribution in [0.4, 0.5) is 5.69 Å². The summed E-state index contributed by atoms with van der Waals surface area (Å²) in [6.07, 6.45) is -0.0246. The fourth-order valence-electron chi connectivity index (χ4n) is 2.73. The molecule has 0 spiro atoms. The van der Waals surface area contributed by atoms with Crippen molar-refractivity contribution < 1.29 is 17.9 Å². The maximum absolute atomic E-state index is 12.9. The molecular formula is C18H23ClN2O4S2. The molecule has 1 aliphatic heterocycles. The van der Waals surface area contributed by atoms with Crippen LogP contribution >= 0.6 is 22.9 Å². The first-order valence-corrected chi connectivity index (χ1v) is 11.4. The molecule has 9 heteroatoms. The molecule has 0 radical (unpaired) electrons. The first kappa shape index (κ1) is 20.4. The van der Waals surface area contributed by atoms with Gasteiger partial charge in [0.05, 0.1) is 34.2 Å². The second-order valence-electron chi connectivity index (χ2n) is 6.40. The van der Waals surface area contributed by atoms with Gasteiger partial charge >= 0.3 is 0 Å². The van der Waals surface area contributed by atoms with E-state index >= 15 is 0 Å². The quantitative estimate of drug-likeness (QED) is 0.723. The molecule has 1 aromatic heterocycles. The molecule has 0 atom stereocenters. The van der Waals surface area contributed by atoms with Gasteiger partial charge < -0.3 is 14.8 Å². The number of ether oxygens (including phenoxy) is 2. The van der Waals surface area contributed by atoms with E-state index in [1.807, 2.05) is 26.0 Å². The first-order chi connectivity index (χ1) is 12.9. The standard InChI is InChI=1S/C18H23ClN2O4S2/c1-13(2)25-17-5-4-15(27(22,23)21-7-9-24-10-8-21)11-16(17)20-12-14-3-6-18(19)26-14/h3-6,11,13,20H,7-10,12H2,1-2H3. The molecule has 1 saturated heterocycles. The molecule has 1 aliphatic rings. The van der Waals surface area contributed by atoms with E-state index in [1.54, 1.807) is 18.2 Å². The van der Waals surface area contributed by atoms with E-state index in [-0.39, 0.29) is 11.0 Å². The average molecular weight is 431 g/mol. The van der Waals surface area contributed by atoms with Crippen molar-refractivity contribution in [3.05, 3.63) is 39.5 Å². The van der Waals surface area contributed by atoms with E-state index in [0.717, 1.165) is 4.88 Å². The number of halogens is 1. The van der Waals surface area contributed by atoms with Crippen LogP contribution in [-0.2, 0) is 21.3 Å². The molecule has 1 fully saturated rings. The number of morpholine rings is 1. The predicted molar refractivity (Wildman–Crippen MR) is 108 cm³/mol. The molecular weight excluding hydrogens is 408 g/mol. The molecule has 2 heterocycles. The van der Waals surface area contributed by atoms with E-state index < -0.39 is 10.0 Å². The van der Waals surface area contributed by atoms with Crippen molar-refractivity contribution in [2.75, 3.05) is 31.6 Å². The van der Waals surface area contributed by atoms with Gasteiger partial charge in [-0.25, -0.2) is 8.42 Å². The summed E-state index contributed by atoms with van der Waals surface area (Å²) in [6, 6.07) is 8.72. The molecule has 0 bridgehead atoms. The number of benzene rings is 1. The lowest BCUT2D eigenvalue weighted by Gasteiger charge is -2.26. The Kier molecular flexibility index (Phi) is 6.65. The Bertz CT molecular complexity index is 877. The molecule has 2 aromatic rings. The van der Waals surface area contributed by atoms with E-state index in [4.69, 9.17) is 21.1 Å². The second-order valence-corrected chi connectivity index (χ2v) is 10.1. The van der Waals surface area contributed by atoms with Gasteiger partial charge in [-0.1, -0.05) is 11.6 Å². The van der Waals surface area contributed by atoms with Gasteiger partial charge in [0.2, 0.25) is 10.0 Å². The molecule has 6 nitrogen and oxygen atoms in total. The zero-order valence-electron chi connectivity index (χ0n) is 15.3. The van der Waals surface area contributed by atoms with Crippen LogP contribution in [0.3, 0.4) is 0 Å². The van der Waals surface area contributed by atoms with Crippen molar-refractivity contribution in [3.63, 3.8) is 0 Å². The molecule has 148 valence electrons. The van der Waals surface area contributed by atoms with Crippen molar-refractivity contribution in [3.8, 4) is 5.75 Å². The normalized spacial score (nSPS) is 15.9. The molecule has 3 rings (SSSR count). The van der Waals surface area contributed by atoms with E-state index in [2.05, 4.69) is 5.32 Å². The number of thiophene rings is 1. The molecule has 0 amide bonds. The van der Waals surface area contributed by atoms with E-state index in [9.17, 15) is 8.42 Å². The summed E-state index contributed by atoms with van der Waals surface area (Å²) >= 11 is 7.47. The number of hydrogen-bond acceptors (Lipinski definition) is 6. The van der Waals surface area contributed by atoms with Gasteiger partial charge in [-0.2, -0.15) is 4.31 Å². The highest BCUT2D eigenvalue weighted by molar-refractivity contribution is 7.89. The Morgan fingerprint density at radius 2 is 2.00 bits per heavy atom. The Morgan fingerprint density at radius 3 is 2.63 bits per heavy atom. The monoisotopic (exact) mass is 430 g/mol. The summed E-state index contributed by atoms with van der Waals surface area (Å²) in [5.41, 5.74) is 0.641. The maximum atomic E-state index is 12.9. The predicted octanol–water partition coefficient (Wildman–Crippen LogP) is 3.82. The van der Waals surface area contributed by atoms with Crippen molar-refractivity contribution in [2.24, 2.45) is 0 Å². The van der Waals surface area contributed by atoms with Crippen LogP contribution in [0.15, 0.2) is 35.2 Å². The highest BCUT2D eigenvalue weighted by atomic mass is 35.5. The van der Waals surface area contributed by atoms with Crippen molar-refractivity contribution >= 4 is 38.6 Å². The maximum Gasteiger partial charge on any atom is 0.243 e. The summed E-state index contributed by atoms with van der Waals surface area (Å²) in [5.74, 6) is 0.619. The lowest BCUT2D eigenvalue weighted by Crippen LogP contribution is -2.40. The lowest BCUT2D eigenvalue weighted by molar-refractivity contribution is 0.0730. The molecule has 27 heavy (non-hydrogen) atoms. The van der Waals surface area contributed by atoms with Crippen LogP contribution in [0.25, 0.3) is 0 Å². The smallest absolute Gasteiger partial charge is 0.243 e. The lowest BCUT2D eigenvalue weighted by atomic mass is 10.2. The number of hydrogen-bond donors (Lipinski definition) is 1. The number of nitrogens with one attached hydrogen (secondary N) is 1. The third-order valence-electron chi connectivity index (χ3n) is 4.00. The Morgan fingerprint density at radius 1 is 1.26 bits per heavy atom. The Balaban J connectivity index is 1.87. The molecule has 0 aliphatic carbocycles. The van der Waals surface area contributed by atoms with Crippen molar-refractivity contribution in [1.29, 1.82) is 0 Å². The van der Waals surface area contributed by atoms with Gasteiger partial charge in [-0.3, -0.25) is 0 Å². The average Bonchev–Trinajstić information content (AvgIpc) is 3.06. The van der Waals surface area contributed by atoms with Gasteiger partial charge in [0.15, 0.2) is 0 Å². The summed E-state index contributed by atoms with van der Waals surface area (Å²) in [5, 5.41) is 3.28. The third-order valence-corrected chi connectivity index (χ3v) is 7.13. The minimum absolute atomic E-state index is 0.0246. The van der Waals surface area contributed by atoms with Gasteiger partial charge in [0.25, 0.3) is 0 Å². The van der Waals surface area contributed by atoms with Crippen LogP contribution in [0, 0.1) is 0 Å². The van der Waals surface area contributed by atoms with Crippen LogP contribution < -0.4 is 10.1 Å². The number of sulfonamides is 1. The summed E-state index contributed by atoms with van der Waals surface area (Å²) in [4.78, 5) is 1.30. The fourth-order valence-corrected chi connectivity index (χ4v) is 5.19. The summed E-state index contributed by atoms with van der Waals surface area (Å²) in [7, 11) is -3.57. The second kappa shape index (κ2) is 8.79. The van der Waals surface area contributed by atoms with E-state index in [0.29, 0.717) is 48.6 Å². The van der Waals surface area contributed by atoms with Crippen molar-refractivity contribution in [1.82, 2.24) is 4.31 Å². The van der Waals surface area contributed by atoms with Crippen LogP contribution in [0.2, 0.25) is 4.34 Å². The van der Waals surface area contributed by atoms with Crippen molar-refractivity contribution in [2.45, 2.75) is 31.4 Å². The minimum Gasteiger partial charge on any atom is -0.489 e. The zero-order valence-corrected chi connectivity index (χ0v) is 17.7. The largest absolute Gasteiger partial charge is 0.489 e. The van der Waals surface area contributed by atoms with Crippen LogP contribution in [0.5, 0.6) is 5.75 Å². The number of anilines is 1. The highest BCUT2D eigenvalue weighted by Crippen LogP contribution is 2.31. The van der Waals surface area contributed by atoms with Gasteiger partial charge in [0.1, 0.15) is 5.75 Å². The topological polar surface area (TPSA) is 67.9 Å². The van der Waals surface area contributed by atoms with Crippen LogP contribution in [0.1, 0.15) is 18.7 Å². The zero-order chi connectivity index (χ0) is 19.4. The first-order valence-electron chi connectivity index (χ1n) is 8.73. The van der Waals surface area contributed by atoms with Gasteiger partial charge in [0, 0.05) is 24.5 Å². The third kappa shape index (κ3) is 5.14. The minimum atomic E-state index is -3.57. The van der Waals surface area contributed by atoms with Crippen LogP contribution in [-0.4, -0.2) is 45.1 Å². The SMILES string of the molecule is CC(C)Oc1ccc(S(=O)(=O)N2CCOCC2)cc1NCc1ccc(Cl)s1. The van der Waals surface area contributed by atoms with Gasteiger partial charge in [-0.15, -0.1) is 11.3 Å². The number of rotatable bonds is 7. The van der Waals surface area contributed by atoms with Gasteiger partial charge in [-0.05, 0) is 44.2 Å². The highest BCUT2D eigenvalue weighted by Gasteiger charge is 2.27. The summed E-state index contributed by atoms with van der Waals surface area (Å²) in [6.45, 7) is 5.96. The molecule has 1 aromatic carbocycles. The molecule has 0 unspecified atom stereocenters. The molecule has 1 N–H and O–H groups in total. The van der Waals surface area contributed by atoms with E-state index in [1.165, 1.54) is 15.6 Å². The number of nitrogens with zero attached hydrogens (tertiary/aromatic N) is 1. The Hall–Kier alpha value is -1.32. The summed E-state index contributed by atoms with van der Waals surface area (Å²) < 4.78 is 39.1. The Labute approximate surface area is 169 Å². The molecule has 0 saturated carbocycles.